The highest BCUT2D eigenvalue weighted by Crippen LogP contribution is 2.16. The van der Waals surface area contributed by atoms with Gasteiger partial charge in [0.15, 0.2) is 0 Å². The monoisotopic (exact) mass is 249 g/mol. The molecule has 0 fully saturated rings. The van der Waals surface area contributed by atoms with Crippen LogP contribution in [0.25, 0.3) is 0 Å². The molecule has 15 heavy (non-hydrogen) atoms. The SMILES string of the molecule is CN(C)N([SiH3])[Si](N(C)C)(N(C)C)N(C)C. The molecule has 0 bridgehead atoms. The van der Waals surface area contributed by atoms with Crippen LogP contribution in [0.4, 0.5) is 0 Å². The summed E-state index contributed by atoms with van der Waals surface area (Å²) in [5.74, 6) is 0. The van der Waals surface area contributed by atoms with Crippen molar-refractivity contribution in [2.45, 2.75) is 0 Å². The summed E-state index contributed by atoms with van der Waals surface area (Å²) in [6.45, 7) is 0. The van der Waals surface area contributed by atoms with Crippen molar-refractivity contribution in [3.05, 3.63) is 0 Å². The van der Waals surface area contributed by atoms with Gasteiger partial charge in [-0.15, -0.1) is 0 Å². The number of rotatable bonds is 5. The Morgan fingerprint density at radius 1 is 0.667 bits per heavy atom. The summed E-state index contributed by atoms with van der Waals surface area (Å²) >= 11 is 0. The molecule has 0 N–H and O–H groups in total. The zero-order valence-electron chi connectivity index (χ0n) is 11.7. The first kappa shape index (κ1) is 15.2. The predicted molar refractivity (Wildman–Crippen MR) is 72.3 cm³/mol. The maximum Gasteiger partial charge on any atom is 0.381 e. The number of nitrogens with zero attached hydrogens (tertiary/aromatic N) is 5. The van der Waals surface area contributed by atoms with Crippen LogP contribution >= 0.6 is 0 Å². The van der Waals surface area contributed by atoms with Gasteiger partial charge in [0.05, 0.1) is 10.4 Å². The van der Waals surface area contributed by atoms with Gasteiger partial charge in [0.1, 0.15) is 0 Å². The van der Waals surface area contributed by atoms with E-state index in [1.807, 2.05) is 0 Å². The Hall–Kier alpha value is 0.234. The molecule has 0 radical (unpaired) electrons. The summed E-state index contributed by atoms with van der Waals surface area (Å²) in [5.41, 5.74) is 0. The molecular weight excluding hydrogens is 222 g/mol. The molecule has 0 saturated heterocycles. The third-order valence-corrected chi connectivity index (χ3v) is 10.3. The summed E-state index contributed by atoms with van der Waals surface area (Å²) in [6.07, 6.45) is 0. The van der Waals surface area contributed by atoms with Crippen LogP contribution in [-0.4, -0.2) is 98.6 Å². The quantitative estimate of drug-likeness (QED) is 0.419. The van der Waals surface area contributed by atoms with Gasteiger partial charge in [0, 0.05) is 14.1 Å². The number of hydrazine groups is 1. The summed E-state index contributed by atoms with van der Waals surface area (Å²) in [5, 5.41) is 2.21. The van der Waals surface area contributed by atoms with Crippen LogP contribution < -0.4 is 0 Å². The molecule has 0 amide bonds. The fourth-order valence-electron chi connectivity index (χ4n) is 2.34. The highest BCUT2D eigenvalue weighted by molar-refractivity contribution is 6.72. The van der Waals surface area contributed by atoms with Crippen LogP contribution in [0.2, 0.25) is 0 Å². The normalized spacial score (nSPS) is 14.2. The summed E-state index contributed by atoms with van der Waals surface area (Å²) in [4.78, 5) is 0. The molecule has 0 aliphatic rings. The Labute approximate surface area is 99.0 Å². The molecule has 7 heteroatoms. The minimum Gasteiger partial charge on any atom is -0.292 e. The van der Waals surface area contributed by atoms with E-state index in [-0.39, 0.29) is 0 Å². The van der Waals surface area contributed by atoms with Gasteiger partial charge < -0.3 is 0 Å². The van der Waals surface area contributed by atoms with Crippen molar-refractivity contribution >= 4 is 19.1 Å². The number of hydrogen-bond donors (Lipinski definition) is 0. The van der Waals surface area contributed by atoms with Crippen molar-refractivity contribution in [2.24, 2.45) is 0 Å². The summed E-state index contributed by atoms with van der Waals surface area (Å²) in [7, 11) is 16.4. The predicted octanol–water partition coefficient (Wildman–Crippen LogP) is -1.83. The first-order valence-corrected chi connectivity index (χ1v) is 7.80. The Morgan fingerprint density at radius 3 is 1.00 bits per heavy atom. The van der Waals surface area contributed by atoms with E-state index in [0.29, 0.717) is 0 Å². The largest absolute Gasteiger partial charge is 0.381 e. The molecule has 0 aromatic heterocycles. The summed E-state index contributed by atoms with van der Waals surface area (Å²) in [6, 6.07) is 0. The van der Waals surface area contributed by atoms with Crippen LogP contribution in [-0.2, 0) is 0 Å². The van der Waals surface area contributed by atoms with Crippen molar-refractivity contribution in [3.63, 3.8) is 0 Å². The van der Waals surface area contributed by atoms with E-state index in [1.54, 1.807) is 0 Å². The molecule has 0 aliphatic carbocycles. The van der Waals surface area contributed by atoms with Crippen LogP contribution in [0.5, 0.6) is 0 Å². The standard InChI is InChI=1S/C8H27N5Si2/c1-9(2)13(14)15(10(3)4,11(5)6)12(7)8/h1-8,14H3. The zero-order chi connectivity index (χ0) is 12.4. The average Bonchev–Trinajstić information content (AvgIpc) is 2.02. The van der Waals surface area contributed by atoms with E-state index in [2.05, 4.69) is 79.4 Å². The van der Waals surface area contributed by atoms with Gasteiger partial charge in [0.25, 0.3) is 0 Å². The lowest BCUT2D eigenvalue weighted by atomic mass is 11.2. The van der Waals surface area contributed by atoms with Gasteiger partial charge in [-0.3, -0.25) is 23.0 Å². The molecule has 0 atom stereocenters. The lowest BCUT2D eigenvalue weighted by Gasteiger charge is -2.53. The van der Waals surface area contributed by atoms with Gasteiger partial charge in [-0.1, -0.05) is 0 Å². The van der Waals surface area contributed by atoms with Crippen molar-refractivity contribution < 1.29 is 0 Å². The Bertz CT molecular complexity index is 174. The second-order valence-corrected chi connectivity index (χ2v) is 10.9. The molecule has 0 saturated carbocycles. The maximum absolute atomic E-state index is 2.47. The van der Waals surface area contributed by atoms with Gasteiger partial charge >= 0.3 is 8.72 Å². The second-order valence-electron chi connectivity index (χ2n) is 4.65. The molecule has 0 aromatic carbocycles. The lowest BCUT2D eigenvalue weighted by molar-refractivity contribution is 0.151. The lowest BCUT2D eigenvalue weighted by Crippen LogP contribution is -2.80. The van der Waals surface area contributed by atoms with Gasteiger partial charge in [-0.2, -0.15) is 0 Å². The zero-order valence-corrected chi connectivity index (χ0v) is 14.7. The van der Waals surface area contributed by atoms with Crippen LogP contribution in [0.3, 0.4) is 0 Å². The Kier molecular flexibility index (Phi) is 5.61. The third-order valence-electron chi connectivity index (χ3n) is 2.83. The highest BCUT2D eigenvalue weighted by atomic mass is 28.4. The Morgan fingerprint density at radius 2 is 0.933 bits per heavy atom. The van der Waals surface area contributed by atoms with E-state index in [9.17, 15) is 0 Å². The van der Waals surface area contributed by atoms with Gasteiger partial charge in [-0.05, 0) is 42.3 Å². The van der Waals surface area contributed by atoms with Gasteiger partial charge in [0.2, 0.25) is 0 Å². The second kappa shape index (κ2) is 5.53. The van der Waals surface area contributed by atoms with Gasteiger partial charge in [-0.25, -0.2) is 0 Å². The van der Waals surface area contributed by atoms with Crippen molar-refractivity contribution in [1.82, 2.24) is 23.0 Å². The van der Waals surface area contributed by atoms with E-state index in [0.717, 1.165) is 10.4 Å². The van der Waals surface area contributed by atoms with Crippen LogP contribution in [0.15, 0.2) is 0 Å². The van der Waals surface area contributed by atoms with E-state index < -0.39 is 8.72 Å². The first-order valence-electron chi connectivity index (χ1n) is 5.12. The minimum absolute atomic E-state index is 1.02. The van der Waals surface area contributed by atoms with Crippen molar-refractivity contribution in [2.75, 3.05) is 56.4 Å². The Balaban J connectivity index is 5.32. The molecule has 0 unspecified atom stereocenters. The summed E-state index contributed by atoms with van der Waals surface area (Å²) < 4.78 is 9.55. The molecule has 0 spiro atoms. The molecule has 0 aromatic rings. The van der Waals surface area contributed by atoms with E-state index in [1.165, 1.54) is 0 Å². The number of hydrogen-bond acceptors (Lipinski definition) is 5. The van der Waals surface area contributed by atoms with Crippen molar-refractivity contribution in [3.8, 4) is 0 Å². The average molecular weight is 250 g/mol. The smallest absolute Gasteiger partial charge is 0.292 e. The van der Waals surface area contributed by atoms with E-state index in [4.69, 9.17) is 0 Å². The third kappa shape index (κ3) is 2.67. The maximum atomic E-state index is 2.47. The van der Waals surface area contributed by atoms with Crippen molar-refractivity contribution in [1.29, 1.82) is 0 Å². The molecule has 0 heterocycles. The topological polar surface area (TPSA) is 16.2 Å². The van der Waals surface area contributed by atoms with E-state index >= 15 is 0 Å². The molecule has 0 rings (SSSR count). The van der Waals surface area contributed by atoms with Crippen LogP contribution in [0, 0.1) is 0 Å². The minimum atomic E-state index is -1.87. The highest BCUT2D eigenvalue weighted by Gasteiger charge is 2.48. The first-order chi connectivity index (χ1) is 6.68. The molecular formula is C8H27N5Si2. The fourth-order valence-corrected chi connectivity index (χ4v) is 10.6. The molecule has 0 aliphatic heterocycles. The molecule has 92 valence electrons. The molecule has 5 nitrogen and oxygen atoms in total. The fraction of sp³-hybridized carbons (Fsp3) is 1.00. The van der Waals surface area contributed by atoms with Crippen LogP contribution in [0.1, 0.15) is 0 Å².